The molecule has 1 rings (SSSR count). The van der Waals surface area contributed by atoms with Gasteiger partial charge in [0.2, 0.25) is 0 Å². The Balaban J connectivity index is 2.47. The molecule has 0 spiro atoms. The lowest BCUT2D eigenvalue weighted by atomic mass is 10.1. The minimum absolute atomic E-state index is 0.745. The zero-order valence-corrected chi connectivity index (χ0v) is 12.7. The molecule has 0 aliphatic heterocycles. The van der Waals surface area contributed by atoms with Crippen LogP contribution in [0.15, 0.2) is 30.8 Å². The van der Waals surface area contributed by atoms with Gasteiger partial charge in [-0.05, 0) is 29.6 Å². The Bertz CT molecular complexity index is 347. The Hall–Kier alpha value is -0.903. The Morgan fingerprint density at radius 1 is 1.17 bits per heavy atom. The molecular formula is C15H24O2Si. The molecule has 0 aromatic heterocycles. The van der Waals surface area contributed by atoms with Crippen molar-refractivity contribution in [3.8, 4) is 0 Å². The first-order chi connectivity index (χ1) is 8.69. The second-order valence-corrected chi connectivity index (χ2v) is 8.30. The fourth-order valence-corrected chi connectivity index (χ4v) is 4.05. The predicted molar refractivity (Wildman–Crippen MR) is 79.9 cm³/mol. The van der Waals surface area contributed by atoms with Gasteiger partial charge in [-0.3, -0.25) is 0 Å². The standard InChI is InChI=1S/C15H24O2Si/c1-5-14-8-10-15(11-9-14)12-13-17-18(6-2,7-3)16-4/h5,8-11H,1,6-7,12-13H2,2-4H3. The monoisotopic (exact) mass is 264 g/mol. The second kappa shape index (κ2) is 7.51. The van der Waals surface area contributed by atoms with Crippen LogP contribution in [0, 0.1) is 0 Å². The summed E-state index contributed by atoms with van der Waals surface area (Å²) in [7, 11) is -0.129. The summed E-state index contributed by atoms with van der Waals surface area (Å²) in [5, 5.41) is 0. The SMILES string of the molecule is C=Cc1ccc(CCO[Si](CC)(CC)OC)cc1. The van der Waals surface area contributed by atoms with Crippen LogP contribution in [-0.2, 0) is 15.3 Å². The number of hydrogen-bond donors (Lipinski definition) is 0. The van der Waals surface area contributed by atoms with E-state index in [-0.39, 0.29) is 0 Å². The summed E-state index contributed by atoms with van der Waals surface area (Å²) < 4.78 is 11.6. The van der Waals surface area contributed by atoms with Gasteiger partial charge in [0.1, 0.15) is 0 Å². The molecule has 0 saturated carbocycles. The van der Waals surface area contributed by atoms with E-state index in [9.17, 15) is 0 Å². The van der Waals surface area contributed by atoms with E-state index in [2.05, 4.69) is 44.7 Å². The summed E-state index contributed by atoms with van der Waals surface area (Å²) in [6.07, 6.45) is 2.80. The second-order valence-electron chi connectivity index (χ2n) is 4.37. The molecule has 0 saturated heterocycles. The molecule has 100 valence electrons. The summed E-state index contributed by atoms with van der Waals surface area (Å²) in [4.78, 5) is 0. The van der Waals surface area contributed by atoms with Crippen molar-refractivity contribution in [2.75, 3.05) is 13.7 Å². The van der Waals surface area contributed by atoms with Crippen molar-refractivity contribution in [1.82, 2.24) is 0 Å². The molecule has 18 heavy (non-hydrogen) atoms. The smallest absolute Gasteiger partial charge is 0.337 e. The van der Waals surface area contributed by atoms with Crippen LogP contribution in [0.2, 0.25) is 12.1 Å². The average Bonchev–Trinajstić information content (AvgIpc) is 2.45. The maximum atomic E-state index is 6.03. The molecule has 0 unspecified atom stereocenters. The van der Waals surface area contributed by atoms with E-state index in [1.165, 1.54) is 5.56 Å². The van der Waals surface area contributed by atoms with E-state index in [0.29, 0.717) is 0 Å². The molecule has 0 N–H and O–H groups in total. The average molecular weight is 264 g/mol. The highest BCUT2D eigenvalue weighted by Gasteiger charge is 2.31. The fourth-order valence-electron chi connectivity index (χ4n) is 1.98. The maximum absolute atomic E-state index is 6.03. The lowest BCUT2D eigenvalue weighted by Crippen LogP contribution is -2.40. The largest absolute Gasteiger partial charge is 0.398 e. The van der Waals surface area contributed by atoms with Crippen molar-refractivity contribution < 1.29 is 8.85 Å². The van der Waals surface area contributed by atoms with E-state index in [0.717, 1.165) is 30.7 Å². The van der Waals surface area contributed by atoms with Gasteiger partial charge < -0.3 is 8.85 Å². The molecular weight excluding hydrogens is 240 g/mol. The van der Waals surface area contributed by atoms with Gasteiger partial charge in [-0.1, -0.05) is 50.8 Å². The zero-order chi connectivity index (χ0) is 13.4. The molecule has 1 aromatic carbocycles. The topological polar surface area (TPSA) is 18.5 Å². The van der Waals surface area contributed by atoms with Crippen molar-refractivity contribution >= 4 is 14.6 Å². The Kier molecular flexibility index (Phi) is 6.33. The minimum Gasteiger partial charge on any atom is -0.398 e. The van der Waals surface area contributed by atoms with Crippen molar-refractivity contribution in [3.05, 3.63) is 42.0 Å². The maximum Gasteiger partial charge on any atom is 0.337 e. The number of rotatable bonds is 8. The summed E-state index contributed by atoms with van der Waals surface area (Å²) in [5.41, 5.74) is 2.45. The molecule has 3 heteroatoms. The Labute approximate surface area is 112 Å². The van der Waals surface area contributed by atoms with Gasteiger partial charge in [0.15, 0.2) is 0 Å². The van der Waals surface area contributed by atoms with Crippen LogP contribution < -0.4 is 0 Å². The lowest BCUT2D eigenvalue weighted by Gasteiger charge is -2.26. The van der Waals surface area contributed by atoms with E-state index in [1.54, 1.807) is 7.11 Å². The molecule has 0 heterocycles. The highest BCUT2D eigenvalue weighted by molar-refractivity contribution is 6.67. The number of hydrogen-bond acceptors (Lipinski definition) is 2. The van der Waals surface area contributed by atoms with E-state index in [4.69, 9.17) is 8.85 Å². The van der Waals surface area contributed by atoms with E-state index < -0.39 is 8.56 Å². The first kappa shape index (κ1) is 15.2. The summed E-state index contributed by atoms with van der Waals surface area (Å²) in [5.74, 6) is 0. The first-order valence-corrected chi connectivity index (χ1v) is 8.83. The molecule has 0 atom stereocenters. The van der Waals surface area contributed by atoms with Crippen molar-refractivity contribution in [2.24, 2.45) is 0 Å². The summed E-state index contributed by atoms with van der Waals surface area (Å²) in [6.45, 7) is 8.80. The molecule has 0 aliphatic carbocycles. The van der Waals surface area contributed by atoms with Crippen LogP contribution in [0.5, 0.6) is 0 Å². The molecule has 0 aliphatic rings. The highest BCUT2D eigenvalue weighted by Crippen LogP contribution is 2.18. The van der Waals surface area contributed by atoms with Crippen molar-refractivity contribution in [2.45, 2.75) is 32.4 Å². The van der Waals surface area contributed by atoms with Gasteiger partial charge in [-0.25, -0.2) is 0 Å². The number of benzene rings is 1. The normalized spacial score (nSPS) is 11.5. The van der Waals surface area contributed by atoms with E-state index >= 15 is 0 Å². The quantitative estimate of drug-likeness (QED) is 0.660. The van der Waals surface area contributed by atoms with Gasteiger partial charge in [-0.15, -0.1) is 0 Å². The van der Waals surface area contributed by atoms with Crippen molar-refractivity contribution in [1.29, 1.82) is 0 Å². The summed E-state index contributed by atoms with van der Waals surface area (Å²) >= 11 is 0. The third-order valence-corrected chi connectivity index (χ3v) is 7.05. The molecule has 0 amide bonds. The first-order valence-electron chi connectivity index (χ1n) is 6.60. The van der Waals surface area contributed by atoms with Gasteiger partial charge in [0.25, 0.3) is 0 Å². The van der Waals surface area contributed by atoms with Crippen LogP contribution in [0.1, 0.15) is 25.0 Å². The van der Waals surface area contributed by atoms with Crippen LogP contribution >= 0.6 is 0 Å². The van der Waals surface area contributed by atoms with Crippen LogP contribution in [0.4, 0.5) is 0 Å². The van der Waals surface area contributed by atoms with Gasteiger partial charge in [-0.2, -0.15) is 0 Å². The molecule has 2 nitrogen and oxygen atoms in total. The van der Waals surface area contributed by atoms with Crippen LogP contribution in [0.25, 0.3) is 6.08 Å². The Morgan fingerprint density at radius 2 is 1.78 bits per heavy atom. The predicted octanol–water partition coefficient (Wildman–Crippen LogP) is 4.02. The third-order valence-electron chi connectivity index (χ3n) is 3.42. The van der Waals surface area contributed by atoms with Gasteiger partial charge in [0, 0.05) is 13.7 Å². The van der Waals surface area contributed by atoms with Crippen molar-refractivity contribution in [3.63, 3.8) is 0 Å². The highest BCUT2D eigenvalue weighted by atomic mass is 28.4. The lowest BCUT2D eigenvalue weighted by molar-refractivity contribution is 0.202. The minimum atomic E-state index is -1.91. The zero-order valence-electron chi connectivity index (χ0n) is 11.7. The molecule has 1 aromatic rings. The molecule has 0 fully saturated rings. The fraction of sp³-hybridized carbons (Fsp3) is 0.467. The van der Waals surface area contributed by atoms with Gasteiger partial charge in [0.05, 0.1) is 0 Å². The van der Waals surface area contributed by atoms with E-state index in [1.807, 2.05) is 6.08 Å². The Morgan fingerprint density at radius 3 is 2.22 bits per heavy atom. The third kappa shape index (κ3) is 4.09. The molecule has 0 radical (unpaired) electrons. The van der Waals surface area contributed by atoms with Gasteiger partial charge >= 0.3 is 8.56 Å². The summed E-state index contributed by atoms with van der Waals surface area (Å²) in [6, 6.07) is 10.5. The molecule has 0 bridgehead atoms. The van der Waals surface area contributed by atoms with Crippen LogP contribution in [0.3, 0.4) is 0 Å². The van der Waals surface area contributed by atoms with Crippen LogP contribution in [-0.4, -0.2) is 22.3 Å².